The van der Waals surface area contributed by atoms with Crippen molar-refractivity contribution in [2.24, 2.45) is 7.05 Å². The van der Waals surface area contributed by atoms with E-state index in [0.717, 1.165) is 11.2 Å². The molecule has 0 aromatic carbocycles. The van der Waals surface area contributed by atoms with E-state index >= 15 is 0 Å². The summed E-state index contributed by atoms with van der Waals surface area (Å²) in [7, 11) is 1.85. The van der Waals surface area contributed by atoms with Gasteiger partial charge in [0.25, 0.3) is 0 Å². The number of aliphatic hydroxyl groups is 2. The van der Waals surface area contributed by atoms with Gasteiger partial charge in [-0.05, 0) is 0 Å². The molecule has 96 valence electrons. The summed E-state index contributed by atoms with van der Waals surface area (Å²) in [5, 5.41) is 18.7. The molecule has 2 aromatic rings. The van der Waals surface area contributed by atoms with E-state index in [1.165, 1.54) is 0 Å². The zero-order valence-corrected chi connectivity index (χ0v) is 9.89. The standard InChI is InChI=1S/C11H14N4O3/c1-15-5-13-6-3-12-10(14-11(6)15)8-2-7(17)9(4-16)18-8/h3,5,7-9,16-17H,2,4H2,1H3/t7-,8?,9+/m0/s1. The lowest BCUT2D eigenvalue weighted by molar-refractivity contribution is -0.0246. The van der Waals surface area contributed by atoms with Crippen molar-refractivity contribution in [1.29, 1.82) is 0 Å². The van der Waals surface area contributed by atoms with Gasteiger partial charge >= 0.3 is 0 Å². The molecule has 1 aliphatic rings. The second-order valence-electron chi connectivity index (χ2n) is 4.44. The molecule has 3 rings (SSSR count). The SMILES string of the molecule is Cn1cnc2cnc(C3C[C@H](O)[C@@H](CO)O3)nc21. The molecule has 2 aromatic heterocycles. The number of aliphatic hydroxyl groups excluding tert-OH is 2. The highest BCUT2D eigenvalue weighted by atomic mass is 16.5. The highest BCUT2D eigenvalue weighted by Crippen LogP contribution is 2.31. The first-order valence-corrected chi connectivity index (χ1v) is 5.77. The van der Waals surface area contributed by atoms with Crippen LogP contribution < -0.4 is 0 Å². The first kappa shape index (κ1) is 11.5. The van der Waals surface area contributed by atoms with Gasteiger partial charge in [0.1, 0.15) is 17.7 Å². The predicted octanol–water partition coefficient (Wildman–Crippen LogP) is -0.454. The van der Waals surface area contributed by atoms with Crippen molar-refractivity contribution in [2.45, 2.75) is 24.7 Å². The fraction of sp³-hybridized carbons (Fsp3) is 0.545. The number of ether oxygens (including phenoxy) is 1. The van der Waals surface area contributed by atoms with E-state index in [-0.39, 0.29) is 12.7 Å². The van der Waals surface area contributed by atoms with E-state index in [2.05, 4.69) is 15.0 Å². The molecule has 18 heavy (non-hydrogen) atoms. The van der Waals surface area contributed by atoms with Crippen molar-refractivity contribution in [3.05, 3.63) is 18.3 Å². The van der Waals surface area contributed by atoms with Gasteiger partial charge < -0.3 is 19.5 Å². The molecule has 1 unspecified atom stereocenters. The highest BCUT2D eigenvalue weighted by molar-refractivity contribution is 5.69. The van der Waals surface area contributed by atoms with Crippen molar-refractivity contribution in [1.82, 2.24) is 19.5 Å². The average Bonchev–Trinajstić information content (AvgIpc) is 2.93. The molecule has 1 fully saturated rings. The molecule has 7 heteroatoms. The van der Waals surface area contributed by atoms with Gasteiger partial charge in [-0.15, -0.1) is 0 Å². The zero-order valence-electron chi connectivity index (χ0n) is 9.89. The molecule has 7 nitrogen and oxygen atoms in total. The number of imidazole rings is 1. The highest BCUT2D eigenvalue weighted by Gasteiger charge is 2.35. The summed E-state index contributed by atoms with van der Waals surface area (Å²) < 4.78 is 7.32. The third-order valence-corrected chi connectivity index (χ3v) is 3.16. The van der Waals surface area contributed by atoms with E-state index in [0.29, 0.717) is 12.2 Å². The maximum Gasteiger partial charge on any atom is 0.163 e. The van der Waals surface area contributed by atoms with Crippen molar-refractivity contribution in [3.8, 4) is 0 Å². The van der Waals surface area contributed by atoms with Crippen molar-refractivity contribution < 1.29 is 14.9 Å². The van der Waals surface area contributed by atoms with Crippen LogP contribution in [0.3, 0.4) is 0 Å². The largest absolute Gasteiger partial charge is 0.394 e. The van der Waals surface area contributed by atoms with Crippen LogP contribution in [0.1, 0.15) is 18.3 Å². The fourth-order valence-electron chi connectivity index (χ4n) is 2.15. The Morgan fingerprint density at radius 1 is 1.50 bits per heavy atom. The normalized spacial score (nSPS) is 28.1. The Kier molecular flexibility index (Phi) is 2.73. The molecule has 0 spiro atoms. The van der Waals surface area contributed by atoms with Crippen LogP contribution in [0, 0.1) is 0 Å². The van der Waals surface area contributed by atoms with Crippen molar-refractivity contribution in [3.63, 3.8) is 0 Å². The predicted molar refractivity (Wildman–Crippen MR) is 61.6 cm³/mol. The van der Waals surface area contributed by atoms with Crippen LogP contribution in [0.25, 0.3) is 11.2 Å². The zero-order chi connectivity index (χ0) is 12.7. The number of hydrogen-bond donors (Lipinski definition) is 2. The number of fused-ring (bicyclic) bond motifs is 1. The van der Waals surface area contributed by atoms with Crippen LogP contribution >= 0.6 is 0 Å². The summed E-state index contributed by atoms with van der Waals surface area (Å²) in [4.78, 5) is 12.7. The summed E-state index contributed by atoms with van der Waals surface area (Å²) in [5.74, 6) is 0.515. The lowest BCUT2D eigenvalue weighted by atomic mass is 10.1. The Hall–Kier alpha value is -1.57. The minimum Gasteiger partial charge on any atom is -0.394 e. The summed E-state index contributed by atoms with van der Waals surface area (Å²) >= 11 is 0. The van der Waals surface area contributed by atoms with Crippen LogP contribution in [0.4, 0.5) is 0 Å². The van der Waals surface area contributed by atoms with E-state index in [1.807, 2.05) is 7.05 Å². The summed E-state index contributed by atoms with van der Waals surface area (Å²) in [5.41, 5.74) is 1.45. The smallest absolute Gasteiger partial charge is 0.163 e. The van der Waals surface area contributed by atoms with Gasteiger partial charge in [-0.2, -0.15) is 0 Å². The number of rotatable bonds is 2. The molecule has 3 atom stereocenters. The molecule has 0 radical (unpaired) electrons. The summed E-state index contributed by atoms with van der Waals surface area (Å²) in [6.07, 6.45) is 2.10. The van der Waals surface area contributed by atoms with Gasteiger partial charge in [-0.1, -0.05) is 0 Å². The second kappa shape index (κ2) is 4.27. The third kappa shape index (κ3) is 1.76. The summed E-state index contributed by atoms with van der Waals surface area (Å²) in [6.45, 7) is -0.203. The van der Waals surface area contributed by atoms with Crippen LogP contribution in [-0.4, -0.2) is 48.5 Å². The molecule has 1 aliphatic heterocycles. The molecule has 0 bridgehead atoms. The first-order valence-electron chi connectivity index (χ1n) is 5.77. The van der Waals surface area contributed by atoms with Crippen LogP contribution in [0.15, 0.2) is 12.5 Å². The maximum atomic E-state index is 9.69. The Morgan fingerprint density at radius 3 is 3.06 bits per heavy atom. The Morgan fingerprint density at radius 2 is 2.33 bits per heavy atom. The molecular weight excluding hydrogens is 236 g/mol. The molecular formula is C11H14N4O3. The van der Waals surface area contributed by atoms with E-state index in [9.17, 15) is 5.11 Å². The molecule has 3 heterocycles. The topological polar surface area (TPSA) is 93.3 Å². The molecule has 1 saturated heterocycles. The van der Waals surface area contributed by atoms with E-state index in [4.69, 9.17) is 9.84 Å². The quantitative estimate of drug-likeness (QED) is 0.749. The lowest BCUT2D eigenvalue weighted by Crippen LogP contribution is -2.24. The molecule has 2 N–H and O–H groups in total. The Labute approximate surface area is 103 Å². The number of hydrogen-bond acceptors (Lipinski definition) is 6. The van der Waals surface area contributed by atoms with Gasteiger partial charge in [-0.3, -0.25) is 0 Å². The van der Waals surface area contributed by atoms with Crippen LogP contribution in [-0.2, 0) is 11.8 Å². The lowest BCUT2D eigenvalue weighted by Gasteiger charge is -2.10. The van der Waals surface area contributed by atoms with Crippen LogP contribution in [0.2, 0.25) is 0 Å². The minimum absolute atomic E-state index is 0.203. The maximum absolute atomic E-state index is 9.69. The molecule has 0 saturated carbocycles. The van der Waals surface area contributed by atoms with Gasteiger partial charge in [0, 0.05) is 13.5 Å². The second-order valence-corrected chi connectivity index (χ2v) is 4.44. The van der Waals surface area contributed by atoms with Crippen molar-refractivity contribution in [2.75, 3.05) is 6.61 Å². The van der Waals surface area contributed by atoms with Gasteiger partial charge in [0.05, 0.1) is 25.2 Å². The number of aromatic nitrogens is 4. The molecule has 0 aliphatic carbocycles. The minimum atomic E-state index is -0.675. The first-order chi connectivity index (χ1) is 8.69. The Bertz CT molecular complexity index is 570. The fourth-order valence-corrected chi connectivity index (χ4v) is 2.15. The third-order valence-electron chi connectivity index (χ3n) is 3.16. The summed E-state index contributed by atoms with van der Waals surface area (Å²) in [6, 6.07) is 0. The number of nitrogens with zero attached hydrogens (tertiary/aromatic N) is 4. The van der Waals surface area contributed by atoms with Gasteiger partial charge in [0.2, 0.25) is 0 Å². The van der Waals surface area contributed by atoms with Crippen molar-refractivity contribution >= 4 is 11.2 Å². The number of aryl methyl sites for hydroxylation is 1. The average molecular weight is 250 g/mol. The van der Waals surface area contributed by atoms with Gasteiger partial charge in [-0.25, -0.2) is 15.0 Å². The Balaban J connectivity index is 1.93. The van der Waals surface area contributed by atoms with Gasteiger partial charge in [0.15, 0.2) is 11.5 Å². The monoisotopic (exact) mass is 250 g/mol. The molecule has 0 amide bonds. The van der Waals surface area contributed by atoms with E-state index in [1.54, 1.807) is 17.1 Å². The van der Waals surface area contributed by atoms with Crippen LogP contribution in [0.5, 0.6) is 0 Å². The van der Waals surface area contributed by atoms with E-state index < -0.39 is 12.2 Å².